The van der Waals surface area contributed by atoms with Crippen LogP contribution in [0.5, 0.6) is 5.75 Å². The van der Waals surface area contributed by atoms with Crippen molar-refractivity contribution in [1.29, 1.82) is 0 Å². The molecule has 4 N–H and O–H groups in total. The molecular formula is C46H67F2N6O7P. The van der Waals surface area contributed by atoms with E-state index in [1.165, 1.54) is 120 Å². The molecule has 2 heterocycles. The summed E-state index contributed by atoms with van der Waals surface area (Å²) in [4.78, 5) is 25.0. The molecular weight excluding hydrogens is 818 g/mol. The lowest BCUT2D eigenvalue weighted by Gasteiger charge is -2.33. The SMILES string of the molecule is C#C[C@](COP(=O)(N[C@@H](CC1=CC(F)=CC1)C(=O)OCCCCCCCCCCCCCCCCCCCC)Oc1ccccc1)(OC)[C@@H](O)Cn1cnc2c(N)nc(F)nc21. The fourth-order valence-electron chi connectivity index (χ4n) is 7.38. The molecule has 62 heavy (non-hydrogen) atoms. The van der Waals surface area contributed by atoms with Gasteiger partial charge >= 0.3 is 19.8 Å². The Morgan fingerprint density at radius 1 is 0.968 bits per heavy atom. The van der Waals surface area contributed by atoms with Crippen LogP contribution >= 0.6 is 7.75 Å². The van der Waals surface area contributed by atoms with Crippen LogP contribution in [0.25, 0.3) is 11.2 Å². The number of nitrogens with one attached hydrogen (secondary N) is 1. The molecule has 1 aliphatic rings. The van der Waals surface area contributed by atoms with Crippen LogP contribution in [0, 0.1) is 18.4 Å². The van der Waals surface area contributed by atoms with E-state index >= 15 is 0 Å². The maximum atomic E-state index is 14.7. The zero-order chi connectivity index (χ0) is 44.6. The van der Waals surface area contributed by atoms with Crippen molar-refractivity contribution in [2.45, 2.75) is 160 Å². The molecule has 0 spiro atoms. The Hall–Kier alpha value is -4.19. The number of esters is 1. The number of aliphatic hydroxyl groups excluding tert-OH is 1. The third-order valence-corrected chi connectivity index (χ3v) is 12.7. The molecule has 0 saturated carbocycles. The number of halogens is 2. The highest BCUT2D eigenvalue weighted by Gasteiger charge is 2.43. The van der Waals surface area contributed by atoms with Gasteiger partial charge in [0.25, 0.3) is 0 Å². The second-order valence-electron chi connectivity index (χ2n) is 16.0. The van der Waals surface area contributed by atoms with Crippen LogP contribution in [0.3, 0.4) is 0 Å². The Balaban J connectivity index is 1.30. The van der Waals surface area contributed by atoms with E-state index in [9.17, 15) is 23.2 Å². The first-order valence-corrected chi connectivity index (χ1v) is 23.9. The maximum absolute atomic E-state index is 14.7. The number of allylic oxidation sites excluding steroid dienone is 3. The predicted molar refractivity (Wildman–Crippen MR) is 238 cm³/mol. The number of ether oxygens (including phenoxy) is 2. The summed E-state index contributed by atoms with van der Waals surface area (Å²) >= 11 is 0. The number of fused-ring (bicyclic) bond motifs is 1. The Kier molecular flexibility index (Phi) is 22.1. The average molecular weight is 885 g/mol. The van der Waals surface area contributed by atoms with E-state index in [1.807, 2.05) is 0 Å². The number of aromatic nitrogens is 4. The first-order valence-electron chi connectivity index (χ1n) is 22.3. The Bertz CT molecular complexity index is 1960. The van der Waals surface area contributed by atoms with Crippen LogP contribution in [0.15, 0.2) is 60.2 Å². The van der Waals surface area contributed by atoms with E-state index in [0.29, 0.717) is 12.0 Å². The fourth-order valence-corrected chi connectivity index (χ4v) is 8.90. The molecule has 0 fully saturated rings. The number of unbranched alkanes of at least 4 members (excludes halogenated alkanes) is 17. The van der Waals surface area contributed by atoms with Crippen LogP contribution in [-0.2, 0) is 29.9 Å². The van der Waals surface area contributed by atoms with Crippen molar-refractivity contribution in [1.82, 2.24) is 24.6 Å². The predicted octanol–water partition coefficient (Wildman–Crippen LogP) is 10.2. The summed E-state index contributed by atoms with van der Waals surface area (Å²) in [6.07, 6.45) is 29.7. The highest BCUT2D eigenvalue weighted by Crippen LogP contribution is 2.47. The number of carbonyl (C=O) groups excluding carboxylic acids is 1. The lowest BCUT2D eigenvalue weighted by molar-refractivity contribution is -0.146. The molecule has 16 heteroatoms. The first kappa shape index (κ1) is 50.5. The fraction of sp³-hybridized carbons (Fsp3) is 0.609. The largest absolute Gasteiger partial charge is 0.465 e. The lowest BCUT2D eigenvalue weighted by atomic mass is 9.98. The van der Waals surface area contributed by atoms with Crippen LogP contribution in [0.2, 0.25) is 0 Å². The van der Waals surface area contributed by atoms with E-state index in [1.54, 1.807) is 30.3 Å². The summed E-state index contributed by atoms with van der Waals surface area (Å²) in [6.45, 7) is 1.36. The molecule has 2 aromatic heterocycles. The van der Waals surface area contributed by atoms with Gasteiger partial charge in [-0.25, -0.2) is 13.9 Å². The number of imidazole rings is 1. The number of nitrogen functional groups attached to an aromatic ring is 1. The topological polar surface area (TPSA) is 173 Å². The van der Waals surface area contributed by atoms with Gasteiger partial charge in [-0.05, 0) is 43.5 Å². The van der Waals surface area contributed by atoms with E-state index in [4.69, 9.17) is 30.7 Å². The molecule has 4 rings (SSSR count). The van der Waals surface area contributed by atoms with Crippen LogP contribution in [0.4, 0.5) is 14.6 Å². The Labute approximate surface area is 366 Å². The second-order valence-corrected chi connectivity index (χ2v) is 17.7. The smallest absolute Gasteiger partial charge is 0.459 e. The highest BCUT2D eigenvalue weighted by molar-refractivity contribution is 7.52. The van der Waals surface area contributed by atoms with E-state index in [0.717, 1.165) is 19.3 Å². The summed E-state index contributed by atoms with van der Waals surface area (Å²) in [6, 6.07) is 6.84. The quantitative estimate of drug-likeness (QED) is 0.0174. The van der Waals surface area contributed by atoms with Gasteiger partial charge in [-0.1, -0.05) is 146 Å². The summed E-state index contributed by atoms with van der Waals surface area (Å²) in [5.41, 5.74) is 4.50. The molecule has 1 aromatic carbocycles. The highest BCUT2D eigenvalue weighted by atomic mass is 31.2. The number of para-hydroxylation sites is 1. The summed E-state index contributed by atoms with van der Waals surface area (Å²) in [7, 11) is -3.34. The molecule has 1 aliphatic carbocycles. The molecule has 4 atom stereocenters. The number of hydrogen-bond donors (Lipinski definition) is 3. The Morgan fingerprint density at radius 3 is 2.11 bits per heavy atom. The van der Waals surface area contributed by atoms with Crippen molar-refractivity contribution in [3.8, 4) is 18.1 Å². The molecule has 0 radical (unpaired) electrons. The molecule has 3 aromatic rings. The molecule has 0 aliphatic heterocycles. The van der Waals surface area contributed by atoms with Gasteiger partial charge in [0, 0.05) is 7.11 Å². The van der Waals surface area contributed by atoms with Crippen LogP contribution < -0.4 is 15.3 Å². The third-order valence-electron chi connectivity index (χ3n) is 11.1. The molecule has 13 nitrogen and oxygen atoms in total. The van der Waals surface area contributed by atoms with Crippen molar-refractivity contribution in [2.75, 3.05) is 26.1 Å². The molecule has 0 amide bonds. The maximum Gasteiger partial charge on any atom is 0.459 e. The first-order chi connectivity index (χ1) is 30.0. The number of anilines is 1. The minimum Gasteiger partial charge on any atom is -0.465 e. The van der Waals surface area contributed by atoms with E-state index < -0.39 is 50.0 Å². The zero-order valence-electron chi connectivity index (χ0n) is 36.6. The molecule has 0 saturated heterocycles. The Morgan fingerprint density at radius 2 is 1.56 bits per heavy atom. The number of carbonyl (C=O) groups is 1. The average Bonchev–Trinajstić information content (AvgIpc) is 3.87. The number of benzene rings is 1. The number of aliphatic hydroxyl groups is 1. The molecule has 0 bridgehead atoms. The molecule has 342 valence electrons. The van der Waals surface area contributed by atoms with Gasteiger partial charge in [0.1, 0.15) is 35.8 Å². The van der Waals surface area contributed by atoms with Gasteiger partial charge in [0.05, 0.1) is 19.5 Å². The number of methoxy groups -OCH3 is 1. The summed E-state index contributed by atoms with van der Waals surface area (Å²) in [5, 5.41) is 14.2. The lowest BCUT2D eigenvalue weighted by Crippen LogP contribution is -2.49. The monoisotopic (exact) mass is 884 g/mol. The second kappa shape index (κ2) is 27.1. The minimum atomic E-state index is -4.57. The van der Waals surface area contributed by atoms with Crippen molar-refractivity contribution in [2.24, 2.45) is 0 Å². The van der Waals surface area contributed by atoms with Gasteiger partial charge in [0.15, 0.2) is 17.1 Å². The number of terminal acetylenes is 1. The van der Waals surface area contributed by atoms with Crippen molar-refractivity contribution in [3.05, 3.63) is 66.3 Å². The van der Waals surface area contributed by atoms with Gasteiger partial charge < -0.3 is 29.4 Å². The number of nitrogens with zero attached hydrogens (tertiary/aromatic N) is 4. The van der Waals surface area contributed by atoms with Crippen molar-refractivity contribution in [3.63, 3.8) is 0 Å². The normalized spacial score (nSPS) is 15.6. The van der Waals surface area contributed by atoms with Gasteiger partial charge in [-0.15, -0.1) is 6.42 Å². The van der Waals surface area contributed by atoms with E-state index in [-0.39, 0.29) is 48.7 Å². The summed E-state index contributed by atoms with van der Waals surface area (Å²) in [5.74, 6) is 1.16. The van der Waals surface area contributed by atoms with Gasteiger partial charge in [0.2, 0.25) is 0 Å². The van der Waals surface area contributed by atoms with Crippen molar-refractivity contribution < 1.29 is 41.8 Å². The third kappa shape index (κ3) is 16.8. The zero-order valence-corrected chi connectivity index (χ0v) is 37.5. The number of hydrogen-bond acceptors (Lipinski definition) is 11. The van der Waals surface area contributed by atoms with E-state index in [2.05, 4.69) is 32.9 Å². The van der Waals surface area contributed by atoms with Crippen molar-refractivity contribution >= 4 is 30.7 Å². The molecule has 1 unspecified atom stereocenters. The van der Waals surface area contributed by atoms with Crippen LogP contribution in [-0.4, -0.2) is 68.7 Å². The standard InChI is InChI=1S/C46H67F2N6O7P/c1-4-6-7-8-9-10-11-12-13-14-15-16-17-18-19-20-21-25-30-59-44(56)39(32-36-28-29-37(47)31-36)53-62(57,61-38-26-23-22-24-27-38)60-34-46(5-2,58-3)40(55)33-54-35-50-41-42(49)51-45(48)52-43(41)54/h2,22-24,26-27,29,31,35,39-40,55H,4,6-21,25,28,30,32-34H2,1,3H3,(H,53,57)(H2,49,51,52)/t39-,40-,46+,62?/m0/s1. The number of nitrogens with two attached hydrogens (primary N) is 1. The van der Waals surface area contributed by atoms with Gasteiger partial charge in [-0.3, -0.25) is 9.32 Å². The summed E-state index contributed by atoms with van der Waals surface area (Å²) < 4.78 is 67.2. The van der Waals surface area contributed by atoms with Crippen LogP contribution in [0.1, 0.15) is 135 Å². The number of rotatable bonds is 33. The van der Waals surface area contributed by atoms with Gasteiger partial charge in [-0.2, -0.15) is 19.4 Å². The minimum absolute atomic E-state index is 0.00439.